The van der Waals surface area contributed by atoms with Crippen LogP contribution in [0, 0.1) is 5.41 Å². The normalized spacial score (nSPS) is 11.2. The molecule has 5 N–H and O–H groups in total. The topological polar surface area (TPSA) is 85.1 Å². The number of ether oxygens (including phenoxy) is 1. The maximum atomic E-state index is 7.73. The monoisotopic (exact) mass is 371 g/mol. The number of para-hydroxylation sites is 1. The van der Waals surface area contributed by atoms with Crippen LogP contribution < -0.4 is 16.2 Å². The van der Waals surface area contributed by atoms with E-state index in [0.29, 0.717) is 12.2 Å². The number of hydrogen-bond donors (Lipinski definition) is 3. The molecule has 0 aliphatic carbocycles. The van der Waals surface area contributed by atoms with Crippen LogP contribution in [0.25, 0.3) is 6.08 Å². The van der Waals surface area contributed by atoms with Crippen molar-refractivity contribution in [3.63, 3.8) is 0 Å². The molecule has 4 nitrogen and oxygen atoms in total. The third-order valence-corrected chi connectivity index (χ3v) is 4.48. The molecule has 0 aliphatic heterocycles. The standard InChI is InChI=1S/C24H25N3O/c1-17(13-19-9-5-6-10-22(19)25)14-21-15-20(24(26)27)11-12-23(21)28-16-18-7-3-2-4-8-18/h2-12,14-15H,13,16,25H2,1H3,(H3,26,27). The molecule has 0 heterocycles. The fourth-order valence-electron chi connectivity index (χ4n) is 3.01. The molecule has 3 rings (SSSR count). The van der Waals surface area contributed by atoms with Gasteiger partial charge in [0.2, 0.25) is 0 Å². The fraction of sp³-hybridized carbons (Fsp3) is 0.125. The summed E-state index contributed by atoms with van der Waals surface area (Å²) in [7, 11) is 0. The Balaban J connectivity index is 1.86. The van der Waals surface area contributed by atoms with Gasteiger partial charge in [-0.1, -0.05) is 60.2 Å². The Bertz CT molecular complexity index is 994. The Morgan fingerprint density at radius 1 is 1.00 bits per heavy atom. The minimum atomic E-state index is 0.0363. The molecular formula is C24H25N3O. The average Bonchev–Trinajstić information content (AvgIpc) is 2.69. The zero-order chi connectivity index (χ0) is 19.9. The summed E-state index contributed by atoms with van der Waals surface area (Å²) in [5.41, 5.74) is 17.4. The number of nitrogens with one attached hydrogen (secondary N) is 1. The third-order valence-electron chi connectivity index (χ3n) is 4.48. The highest BCUT2D eigenvalue weighted by molar-refractivity contribution is 5.95. The maximum absolute atomic E-state index is 7.73. The van der Waals surface area contributed by atoms with Gasteiger partial charge < -0.3 is 16.2 Å². The lowest BCUT2D eigenvalue weighted by Gasteiger charge is -2.12. The van der Waals surface area contributed by atoms with E-state index in [1.165, 1.54) is 0 Å². The van der Waals surface area contributed by atoms with Gasteiger partial charge >= 0.3 is 0 Å². The van der Waals surface area contributed by atoms with Gasteiger partial charge in [0.1, 0.15) is 18.2 Å². The van der Waals surface area contributed by atoms with E-state index in [9.17, 15) is 0 Å². The first-order valence-corrected chi connectivity index (χ1v) is 9.18. The van der Waals surface area contributed by atoms with Crippen molar-refractivity contribution in [1.82, 2.24) is 0 Å². The summed E-state index contributed by atoms with van der Waals surface area (Å²) in [6.45, 7) is 2.54. The van der Waals surface area contributed by atoms with Crippen LogP contribution in [-0.4, -0.2) is 5.84 Å². The second-order valence-corrected chi connectivity index (χ2v) is 6.81. The van der Waals surface area contributed by atoms with Crippen molar-refractivity contribution in [2.24, 2.45) is 5.73 Å². The molecule has 0 saturated carbocycles. The van der Waals surface area contributed by atoms with Gasteiger partial charge in [0.15, 0.2) is 0 Å². The van der Waals surface area contributed by atoms with E-state index in [-0.39, 0.29) is 5.84 Å². The van der Waals surface area contributed by atoms with Gasteiger partial charge in [0.25, 0.3) is 0 Å². The van der Waals surface area contributed by atoms with Crippen molar-refractivity contribution < 1.29 is 4.74 Å². The summed E-state index contributed by atoms with van der Waals surface area (Å²) in [4.78, 5) is 0. The van der Waals surface area contributed by atoms with Crippen LogP contribution in [0.1, 0.15) is 29.2 Å². The average molecular weight is 371 g/mol. The van der Waals surface area contributed by atoms with Crippen LogP contribution in [0.4, 0.5) is 5.69 Å². The Morgan fingerprint density at radius 2 is 1.71 bits per heavy atom. The number of nitrogen functional groups attached to an aromatic ring is 2. The zero-order valence-corrected chi connectivity index (χ0v) is 16.0. The van der Waals surface area contributed by atoms with E-state index < -0.39 is 0 Å². The van der Waals surface area contributed by atoms with Gasteiger partial charge in [-0.05, 0) is 48.7 Å². The van der Waals surface area contributed by atoms with Crippen LogP contribution in [-0.2, 0) is 13.0 Å². The highest BCUT2D eigenvalue weighted by Gasteiger charge is 2.07. The Labute approximate surface area is 166 Å². The molecule has 3 aromatic rings. The second-order valence-electron chi connectivity index (χ2n) is 6.81. The lowest BCUT2D eigenvalue weighted by atomic mass is 10.0. The van der Waals surface area contributed by atoms with Crippen LogP contribution in [0.15, 0.2) is 78.4 Å². The van der Waals surface area contributed by atoms with Crippen molar-refractivity contribution in [1.29, 1.82) is 5.41 Å². The number of rotatable bonds is 7. The number of allylic oxidation sites excluding steroid dienone is 1. The van der Waals surface area contributed by atoms with Crippen molar-refractivity contribution in [2.45, 2.75) is 20.0 Å². The molecule has 28 heavy (non-hydrogen) atoms. The summed E-state index contributed by atoms with van der Waals surface area (Å²) >= 11 is 0. The van der Waals surface area contributed by atoms with Crippen LogP contribution in [0.5, 0.6) is 5.75 Å². The number of anilines is 1. The molecule has 0 spiro atoms. The van der Waals surface area contributed by atoms with Gasteiger partial charge in [-0.15, -0.1) is 0 Å². The zero-order valence-electron chi connectivity index (χ0n) is 16.0. The Morgan fingerprint density at radius 3 is 2.43 bits per heavy atom. The minimum Gasteiger partial charge on any atom is -0.488 e. The molecule has 0 aromatic heterocycles. The summed E-state index contributed by atoms with van der Waals surface area (Å²) in [5.74, 6) is 0.795. The summed E-state index contributed by atoms with van der Waals surface area (Å²) < 4.78 is 6.05. The highest BCUT2D eigenvalue weighted by Crippen LogP contribution is 2.26. The van der Waals surface area contributed by atoms with E-state index in [0.717, 1.165) is 40.1 Å². The van der Waals surface area contributed by atoms with E-state index in [2.05, 4.69) is 13.0 Å². The lowest BCUT2D eigenvalue weighted by Crippen LogP contribution is -2.11. The van der Waals surface area contributed by atoms with Crippen LogP contribution in [0.2, 0.25) is 0 Å². The smallest absolute Gasteiger partial charge is 0.127 e. The van der Waals surface area contributed by atoms with Crippen molar-refractivity contribution >= 4 is 17.6 Å². The molecule has 4 heteroatoms. The minimum absolute atomic E-state index is 0.0363. The van der Waals surface area contributed by atoms with Crippen molar-refractivity contribution in [3.05, 3.63) is 101 Å². The van der Waals surface area contributed by atoms with Gasteiger partial charge in [-0.25, -0.2) is 0 Å². The van der Waals surface area contributed by atoms with Crippen LogP contribution in [0.3, 0.4) is 0 Å². The van der Waals surface area contributed by atoms with Gasteiger partial charge in [0, 0.05) is 16.8 Å². The molecule has 0 radical (unpaired) electrons. The van der Waals surface area contributed by atoms with E-state index in [1.54, 1.807) is 0 Å². The Kier molecular flexibility index (Phi) is 6.12. The van der Waals surface area contributed by atoms with Crippen LogP contribution >= 0.6 is 0 Å². The first-order chi connectivity index (χ1) is 13.5. The SMILES string of the molecule is CC(=Cc1cc(C(=N)N)ccc1OCc1ccccc1)Cc1ccccc1N. The molecular weight excluding hydrogens is 346 g/mol. The van der Waals surface area contributed by atoms with E-state index >= 15 is 0 Å². The third kappa shape index (κ3) is 5.01. The Hall–Kier alpha value is -3.53. The largest absolute Gasteiger partial charge is 0.488 e. The molecule has 142 valence electrons. The van der Waals surface area contributed by atoms with E-state index in [4.69, 9.17) is 21.6 Å². The summed E-state index contributed by atoms with van der Waals surface area (Å²) in [6, 6.07) is 23.5. The van der Waals surface area contributed by atoms with Gasteiger partial charge in [-0.2, -0.15) is 0 Å². The van der Waals surface area contributed by atoms with Gasteiger partial charge in [0.05, 0.1) is 0 Å². The van der Waals surface area contributed by atoms with E-state index in [1.807, 2.05) is 72.8 Å². The molecule has 0 atom stereocenters. The predicted octanol–water partition coefficient (Wildman–Crippen LogP) is 4.78. The first-order valence-electron chi connectivity index (χ1n) is 9.18. The lowest BCUT2D eigenvalue weighted by molar-refractivity contribution is 0.305. The van der Waals surface area contributed by atoms with Gasteiger partial charge in [-0.3, -0.25) is 5.41 Å². The van der Waals surface area contributed by atoms with Crippen molar-refractivity contribution in [3.8, 4) is 5.75 Å². The maximum Gasteiger partial charge on any atom is 0.127 e. The molecule has 0 fully saturated rings. The number of nitrogens with two attached hydrogens (primary N) is 2. The quantitative estimate of drug-likeness (QED) is 0.317. The molecule has 0 unspecified atom stereocenters. The number of amidine groups is 1. The molecule has 0 saturated heterocycles. The number of hydrogen-bond acceptors (Lipinski definition) is 3. The molecule has 0 bridgehead atoms. The highest BCUT2D eigenvalue weighted by atomic mass is 16.5. The number of benzene rings is 3. The fourth-order valence-corrected chi connectivity index (χ4v) is 3.01. The molecule has 3 aromatic carbocycles. The predicted molar refractivity (Wildman–Crippen MR) is 116 cm³/mol. The molecule has 0 aliphatic rings. The van der Waals surface area contributed by atoms with Crippen molar-refractivity contribution in [2.75, 3.05) is 5.73 Å². The molecule has 0 amide bonds. The summed E-state index contributed by atoms with van der Waals surface area (Å²) in [6.07, 6.45) is 2.81. The first kappa shape index (κ1) is 19.2. The summed E-state index contributed by atoms with van der Waals surface area (Å²) in [5, 5.41) is 7.73. The second kappa shape index (κ2) is 8.91.